The number of carbonyl (C=O) groups excluding carboxylic acids is 1. The van der Waals surface area contributed by atoms with Crippen molar-refractivity contribution in [2.24, 2.45) is 5.92 Å². The second kappa shape index (κ2) is 15.6. The zero-order valence-corrected chi connectivity index (χ0v) is 29.7. The van der Waals surface area contributed by atoms with Crippen molar-refractivity contribution in [3.63, 3.8) is 0 Å². The fraction of sp³-hybridized carbons (Fsp3) is 0.500. The molecule has 7 rings (SSSR count). The summed E-state index contributed by atoms with van der Waals surface area (Å²) >= 11 is 0. The van der Waals surface area contributed by atoms with Gasteiger partial charge in [-0.25, -0.2) is 18.7 Å². The van der Waals surface area contributed by atoms with Crippen molar-refractivity contribution in [2.75, 3.05) is 39.4 Å². The maximum atomic E-state index is 14.5. The highest BCUT2D eigenvalue weighted by Gasteiger charge is 2.29. The van der Waals surface area contributed by atoms with Gasteiger partial charge in [0.05, 0.1) is 17.3 Å². The van der Waals surface area contributed by atoms with Crippen LogP contribution < -0.4 is 16.6 Å². The number of carbonyl (C=O) groups is 1. The molecule has 0 atom stereocenters. The first-order valence-electron chi connectivity index (χ1n) is 18.6. The van der Waals surface area contributed by atoms with Gasteiger partial charge in [-0.05, 0) is 93.2 Å². The molecule has 0 unspecified atom stereocenters. The fourth-order valence-corrected chi connectivity index (χ4v) is 8.04. The predicted molar refractivity (Wildman–Crippen MR) is 197 cm³/mol. The van der Waals surface area contributed by atoms with E-state index < -0.39 is 17.1 Å². The normalized spacial score (nSPS) is 20.9. The van der Waals surface area contributed by atoms with E-state index in [2.05, 4.69) is 58.2 Å². The average molecular weight is 697 g/mol. The molecule has 11 heteroatoms. The number of fused-ring (bicyclic) bond motifs is 1. The molecule has 1 aliphatic carbocycles. The van der Waals surface area contributed by atoms with Gasteiger partial charge in [0.15, 0.2) is 5.65 Å². The van der Waals surface area contributed by atoms with Crippen LogP contribution in [0.25, 0.3) is 27.8 Å². The number of nitrogens with zero attached hydrogens (tertiary/aromatic N) is 5. The Morgan fingerprint density at radius 3 is 2.35 bits per heavy atom. The maximum Gasteiger partial charge on any atom is 0.337 e. The Kier molecular flexibility index (Phi) is 10.8. The monoisotopic (exact) mass is 696 g/mol. The number of nitrogens with one attached hydrogen (secondary N) is 1. The van der Waals surface area contributed by atoms with Crippen molar-refractivity contribution in [1.29, 1.82) is 0 Å². The van der Waals surface area contributed by atoms with Gasteiger partial charge in [0.2, 0.25) is 5.91 Å². The van der Waals surface area contributed by atoms with Gasteiger partial charge < -0.3 is 10.1 Å². The van der Waals surface area contributed by atoms with Crippen LogP contribution in [0.2, 0.25) is 0 Å². The lowest BCUT2D eigenvalue weighted by atomic mass is 9.90. The maximum absolute atomic E-state index is 14.5. The molecule has 0 bridgehead atoms. The number of pyridine rings is 1. The standard InChI is InChI=1S/C40H49FN6O4/c1-27(2)45-18-16-44(17-19-45)26-29-6-8-30(9-7-29)31-4-3-5-35(23-31)46-38-36(24-32(41)25-42-38)39(49)47(40(46)50)34-12-10-33(11-13-34)43-37(48)22-28-14-20-51-21-15-28/h3-9,23-25,27-28,33-34H,10-22,26H2,1-2H3,(H,43,48). The van der Waals surface area contributed by atoms with Gasteiger partial charge in [-0.15, -0.1) is 0 Å². The van der Waals surface area contributed by atoms with Gasteiger partial charge in [0, 0.05) is 70.5 Å². The molecule has 1 amide bonds. The van der Waals surface area contributed by atoms with E-state index in [-0.39, 0.29) is 29.0 Å². The average Bonchev–Trinajstić information content (AvgIpc) is 3.14. The van der Waals surface area contributed by atoms with E-state index in [4.69, 9.17) is 4.74 Å². The van der Waals surface area contributed by atoms with Crippen LogP contribution in [0.15, 0.2) is 70.4 Å². The summed E-state index contributed by atoms with van der Waals surface area (Å²) in [4.78, 5) is 50.2. The molecule has 1 N–H and O–H groups in total. The molecule has 0 spiro atoms. The van der Waals surface area contributed by atoms with Crippen LogP contribution in [-0.4, -0.2) is 81.3 Å². The van der Waals surface area contributed by atoms with Crippen LogP contribution in [0, 0.1) is 11.7 Å². The van der Waals surface area contributed by atoms with Gasteiger partial charge in [-0.2, -0.15) is 0 Å². The van der Waals surface area contributed by atoms with Gasteiger partial charge in [-0.1, -0.05) is 36.4 Å². The second-order valence-corrected chi connectivity index (χ2v) is 14.8. The quantitative estimate of drug-likeness (QED) is 0.254. The molecular formula is C40H49FN6O4. The lowest BCUT2D eigenvalue weighted by Crippen LogP contribution is -2.48. The van der Waals surface area contributed by atoms with Crippen molar-refractivity contribution < 1.29 is 13.9 Å². The van der Waals surface area contributed by atoms with Crippen molar-refractivity contribution in [3.05, 3.63) is 93.0 Å². The van der Waals surface area contributed by atoms with Crippen molar-refractivity contribution in [1.82, 2.24) is 29.2 Å². The van der Waals surface area contributed by atoms with Crippen LogP contribution in [0.3, 0.4) is 0 Å². The molecule has 2 aromatic carbocycles. The van der Waals surface area contributed by atoms with Crippen LogP contribution in [0.5, 0.6) is 0 Å². The minimum atomic E-state index is -0.636. The van der Waals surface area contributed by atoms with Gasteiger partial charge in [0.25, 0.3) is 5.56 Å². The second-order valence-electron chi connectivity index (χ2n) is 14.8. The molecule has 2 aromatic heterocycles. The van der Waals surface area contributed by atoms with E-state index in [1.54, 1.807) is 0 Å². The van der Waals surface area contributed by atoms with E-state index >= 15 is 0 Å². The van der Waals surface area contributed by atoms with Crippen LogP contribution in [0.1, 0.15) is 70.4 Å². The van der Waals surface area contributed by atoms with Gasteiger partial charge >= 0.3 is 5.69 Å². The minimum absolute atomic E-state index is 0.00996. The number of piperazine rings is 1. The molecule has 0 radical (unpaired) electrons. The van der Waals surface area contributed by atoms with Crippen LogP contribution >= 0.6 is 0 Å². The Bertz CT molecular complexity index is 1950. The number of halogens is 1. The first kappa shape index (κ1) is 35.2. The summed E-state index contributed by atoms with van der Waals surface area (Å²) in [7, 11) is 0. The fourth-order valence-electron chi connectivity index (χ4n) is 8.04. The minimum Gasteiger partial charge on any atom is -0.381 e. The Labute approximate surface area is 298 Å². The summed E-state index contributed by atoms with van der Waals surface area (Å²) < 4.78 is 22.7. The molecule has 2 aliphatic heterocycles. The van der Waals surface area contributed by atoms with Gasteiger partial charge in [0.1, 0.15) is 5.82 Å². The highest BCUT2D eigenvalue weighted by Crippen LogP contribution is 2.29. The third-order valence-corrected chi connectivity index (χ3v) is 11.1. The third kappa shape index (κ3) is 8.00. The Hall–Kier alpha value is -4.19. The summed E-state index contributed by atoms with van der Waals surface area (Å²) in [6.45, 7) is 11.1. The van der Waals surface area contributed by atoms with E-state index in [9.17, 15) is 18.8 Å². The number of hydrogen-bond donors (Lipinski definition) is 1. The molecule has 2 saturated heterocycles. The van der Waals surface area contributed by atoms with Crippen molar-refractivity contribution in [3.8, 4) is 16.8 Å². The van der Waals surface area contributed by atoms with E-state index in [1.165, 1.54) is 20.8 Å². The molecule has 4 heterocycles. The summed E-state index contributed by atoms with van der Waals surface area (Å²) in [5.74, 6) is -0.243. The number of hydrogen-bond acceptors (Lipinski definition) is 7. The van der Waals surface area contributed by atoms with Crippen molar-refractivity contribution >= 4 is 16.9 Å². The third-order valence-electron chi connectivity index (χ3n) is 11.1. The van der Waals surface area contributed by atoms with E-state index in [0.29, 0.717) is 63.0 Å². The Morgan fingerprint density at radius 1 is 0.922 bits per heavy atom. The SMILES string of the molecule is CC(C)N1CCN(Cc2ccc(-c3cccc(-n4c(=O)n(C5CCC(NC(=O)CC6CCOCC6)CC5)c(=O)c5cc(F)cnc54)c3)cc2)CC1. The number of rotatable bonds is 9. The van der Waals surface area contributed by atoms with Gasteiger partial charge in [-0.3, -0.25) is 24.0 Å². The van der Waals surface area contributed by atoms with Crippen LogP contribution in [-0.2, 0) is 16.1 Å². The number of benzene rings is 2. The zero-order valence-electron chi connectivity index (χ0n) is 29.7. The Morgan fingerprint density at radius 2 is 1.65 bits per heavy atom. The molecule has 51 heavy (non-hydrogen) atoms. The number of aromatic nitrogens is 3. The highest BCUT2D eigenvalue weighted by molar-refractivity contribution is 5.77. The number of ether oxygens (including phenoxy) is 1. The molecule has 10 nitrogen and oxygen atoms in total. The van der Waals surface area contributed by atoms with E-state index in [1.807, 2.05) is 24.3 Å². The number of amides is 1. The van der Waals surface area contributed by atoms with E-state index in [0.717, 1.165) is 62.9 Å². The molecule has 3 fully saturated rings. The summed E-state index contributed by atoms with van der Waals surface area (Å²) in [6, 6.07) is 17.5. The molecular weight excluding hydrogens is 647 g/mol. The topological polar surface area (TPSA) is 102 Å². The summed E-state index contributed by atoms with van der Waals surface area (Å²) in [5, 5.41) is 3.24. The molecule has 1 saturated carbocycles. The predicted octanol–water partition coefficient (Wildman–Crippen LogP) is 5.30. The lowest BCUT2D eigenvalue weighted by molar-refractivity contribution is -0.123. The largest absolute Gasteiger partial charge is 0.381 e. The Balaban J connectivity index is 1.10. The highest BCUT2D eigenvalue weighted by atomic mass is 19.1. The van der Waals surface area contributed by atoms with Crippen molar-refractivity contribution in [2.45, 2.75) is 83.5 Å². The smallest absolute Gasteiger partial charge is 0.337 e. The molecule has 4 aromatic rings. The summed E-state index contributed by atoms with van der Waals surface area (Å²) in [5.41, 5.74) is 2.82. The summed E-state index contributed by atoms with van der Waals surface area (Å²) in [6.07, 6.45) is 5.73. The first-order valence-corrected chi connectivity index (χ1v) is 18.6. The molecule has 270 valence electrons. The molecule has 3 aliphatic rings. The van der Waals surface area contributed by atoms with Crippen LogP contribution in [0.4, 0.5) is 4.39 Å². The lowest BCUT2D eigenvalue weighted by Gasteiger charge is -2.36. The first-order chi connectivity index (χ1) is 24.7. The zero-order chi connectivity index (χ0) is 35.5.